The zero-order chi connectivity index (χ0) is 18.6. The summed E-state index contributed by atoms with van der Waals surface area (Å²) in [5, 5.41) is 21.6. The van der Waals surface area contributed by atoms with E-state index in [2.05, 4.69) is 39.8 Å². The van der Waals surface area contributed by atoms with E-state index in [0.29, 0.717) is 11.5 Å². The number of benzene rings is 2. The fourth-order valence-electron chi connectivity index (χ4n) is 3.76. The van der Waals surface area contributed by atoms with Crippen LogP contribution in [0.25, 0.3) is 11.3 Å². The monoisotopic (exact) mass is 360 g/mol. The van der Waals surface area contributed by atoms with Crippen molar-refractivity contribution >= 4 is 5.82 Å². The molecule has 0 fully saturated rings. The van der Waals surface area contributed by atoms with Gasteiger partial charge in [0.15, 0.2) is 0 Å². The molecule has 0 saturated carbocycles. The summed E-state index contributed by atoms with van der Waals surface area (Å²) in [5.41, 5.74) is 10.8. The molecular weight excluding hydrogens is 336 g/mol. The van der Waals surface area contributed by atoms with E-state index in [9.17, 15) is 5.11 Å². The first-order chi connectivity index (χ1) is 13.2. The lowest BCUT2D eigenvalue weighted by Crippen LogP contribution is -2.18. The molecule has 5 nitrogen and oxygen atoms in total. The van der Waals surface area contributed by atoms with Gasteiger partial charge in [-0.1, -0.05) is 42.5 Å². The van der Waals surface area contributed by atoms with E-state index in [4.69, 9.17) is 5.73 Å². The molecule has 1 heterocycles. The molecule has 1 aromatic heterocycles. The Labute approximate surface area is 159 Å². The number of nitrogens with zero attached hydrogens (tertiary/aromatic N) is 2. The average Bonchev–Trinajstić information content (AvgIpc) is 2.72. The largest absolute Gasteiger partial charge is 0.375 e. The molecule has 0 amide bonds. The van der Waals surface area contributed by atoms with Gasteiger partial charge in [-0.3, -0.25) is 0 Å². The van der Waals surface area contributed by atoms with Crippen LogP contribution in [0.1, 0.15) is 41.7 Å². The molecular formula is C22H24N4O. The molecule has 0 radical (unpaired) electrons. The van der Waals surface area contributed by atoms with Gasteiger partial charge in [-0.05, 0) is 54.2 Å². The van der Waals surface area contributed by atoms with Gasteiger partial charge < -0.3 is 16.2 Å². The highest BCUT2D eigenvalue weighted by molar-refractivity contribution is 5.60. The summed E-state index contributed by atoms with van der Waals surface area (Å²) in [7, 11) is 0. The summed E-state index contributed by atoms with van der Waals surface area (Å²) in [5.74, 6) is 1.29. The van der Waals surface area contributed by atoms with Crippen LogP contribution in [0.15, 0.2) is 60.7 Å². The van der Waals surface area contributed by atoms with Crippen molar-refractivity contribution in [2.45, 2.75) is 31.4 Å². The number of hydrogen-bond acceptors (Lipinski definition) is 5. The van der Waals surface area contributed by atoms with Crippen LogP contribution in [0.2, 0.25) is 0 Å². The van der Waals surface area contributed by atoms with Gasteiger partial charge in [0.25, 0.3) is 0 Å². The van der Waals surface area contributed by atoms with E-state index in [0.717, 1.165) is 23.6 Å². The Kier molecular flexibility index (Phi) is 5.14. The molecule has 5 heteroatoms. The van der Waals surface area contributed by atoms with Gasteiger partial charge >= 0.3 is 0 Å². The number of rotatable bonds is 5. The topological polar surface area (TPSA) is 84.1 Å². The zero-order valence-corrected chi connectivity index (χ0v) is 15.2. The maximum atomic E-state index is 9.53. The second kappa shape index (κ2) is 7.86. The predicted octanol–water partition coefficient (Wildman–Crippen LogP) is 3.63. The summed E-state index contributed by atoms with van der Waals surface area (Å²) in [6.45, 7) is 0.861. The van der Waals surface area contributed by atoms with E-state index < -0.39 is 6.23 Å². The molecule has 3 aromatic rings. The first-order valence-corrected chi connectivity index (χ1v) is 9.40. The minimum Gasteiger partial charge on any atom is -0.375 e. The number of anilines is 1. The van der Waals surface area contributed by atoms with E-state index >= 15 is 0 Å². The second-order valence-electron chi connectivity index (χ2n) is 7.04. The highest BCUT2D eigenvalue weighted by Crippen LogP contribution is 2.31. The van der Waals surface area contributed by atoms with Crippen LogP contribution < -0.4 is 11.1 Å². The molecule has 0 bridgehead atoms. The standard InChI is InChI=1S/C22H24N4O/c23-22(27)17-8-4-7-16(13-17)20-11-12-21(26-25-20)24-14-18-9-3-6-15-5-1-2-10-19(15)18/h1-2,4-5,7-8,10-13,18,22,27H,3,6,9,14,23H2,(H,24,26). The van der Waals surface area contributed by atoms with Gasteiger partial charge in [-0.25, -0.2) is 0 Å². The van der Waals surface area contributed by atoms with Crippen molar-refractivity contribution in [3.05, 3.63) is 77.4 Å². The molecule has 0 saturated heterocycles. The molecule has 2 aromatic carbocycles. The summed E-state index contributed by atoms with van der Waals surface area (Å²) in [4.78, 5) is 0. The Balaban J connectivity index is 1.44. The van der Waals surface area contributed by atoms with Gasteiger partial charge in [0.1, 0.15) is 12.0 Å². The molecule has 138 valence electrons. The molecule has 0 aliphatic heterocycles. The number of aromatic nitrogens is 2. The summed E-state index contributed by atoms with van der Waals surface area (Å²) >= 11 is 0. The van der Waals surface area contributed by atoms with Gasteiger partial charge in [0, 0.05) is 18.0 Å². The highest BCUT2D eigenvalue weighted by Gasteiger charge is 2.19. The van der Waals surface area contributed by atoms with E-state index in [1.165, 1.54) is 30.4 Å². The molecule has 1 aliphatic rings. The van der Waals surface area contributed by atoms with Gasteiger partial charge in [-0.2, -0.15) is 0 Å². The molecule has 2 unspecified atom stereocenters. The van der Waals surface area contributed by atoms with Gasteiger partial charge in [-0.15, -0.1) is 10.2 Å². The van der Waals surface area contributed by atoms with Crippen LogP contribution >= 0.6 is 0 Å². The first kappa shape index (κ1) is 17.6. The van der Waals surface area contributed by atoms with Crippen LogP contribution in [-0.4, -0.2) is 21.8 Å². The van der Waals surface area contributed by atoms with Crippen molar-refractivity contribution in [3.63, 3.8) is 0 Å². The molecule has 27 heavy (non-hydrogen) atoms. The predicted molar refractivity (Wildman–Crippen MR) is 107 cm³/mol. The van der Waals surface area contributed by atoms with Crippen molar-refractivity contribution in [1.29, 1.82) is 0 Å². The van der Waals surface area contributed by atoms with E-state index in [-0.39, 0.29) is 0 Å². The fraction of sp³-hybridized carbons (Fsp3) is 0.273. The Bertz CT molecular complexity index is 908. The number of nitrogens with two attached hydrogens (primary N) is 1. The maximum Gasteiger partial charge on any atom is 0.148 e. The minimum absolute atomic E-state index is 0.513. The van der Waals surface area contributed by atoms with Gasteiger partial charge in [0.2, 0.25) is 0 Å². The normalized spacial score (nSPS) is 17.2. The van der Waals surface area contributed by atoms with Crippen LogP contribution in [-0.2, 0) is 6.42 Å². The van der Waals surface area contributed by atoms with E-state index in [1.807, 2.05) is 30.3 Å². The smallest absolute Gasteiger partial charge is 0.148 e. The average molecular weight is 360 g/mol. The van der Waals surface area contributed by atoms with E-state index in [1.54, 1.807) is 6.07 Å². The Morgan fingerprint density at radius 2 is 1.96 bits per heavy atom. The number of fused-ring (bicyclic) bond motifs is 1. The Morgan fingerprint density at radius 3 is 2.78 bits per heavy atom. The van der Waals surface area contributed by atoms with Crippen molar-refractivity contribution in [1.82, 2.24) is 10.2 Å². The van der Waals surface area contributed by atoms with Crippen molar-refractivity contribution in [2.24, 2.45) is 5.73 Å². The Hall–Kier alpha value is -2.76. The zero-order valence-electron chi connectivity index (χ0n) is 15.2. The van der Waals surface area contributed by atoms with Crippen molar-refractivity contribution in [3.8, 4) is 11.3 Å². The molecule has 1 aliphatic carbocycles. The molecule has 4 N–H and O–H groups in total. The Morgan fingerprint density at radius 1 is 1.07 bits per heavy atom. The van der Waals surface area contributed by atoms with Crippen molar-refractivity contribution in [2.75, 3.05) is 11.9 Å². The SMILES string of the molecule is NC(O)c1cccc(-c2ccc(NCC3CCCc4ccccc43)nn2)c1. The number of aliphatic hydroxyl groups excluding tert-OH is 1. The number of hydrogen-bond donors (Lipinski definition) is 3. The quantitative estimate of drug-likeness (QED) is 0.605. The van der Waals surface area contributed by atoms with Crippen LogP contribution in [0.5, 0.6) is 0 Å². The lowest BCUT2D eigenvalue weighted by atomic mass is 9.83. The third kappa shape index (κ3) is 3.99. The molecule has 0 spiro atoms. The lowest BCUT2D eigenvalue weighted by molar-refractivity contribution is 0.186. The maximum absolute atomic E-state index is 9.53. The summed E-state index contributed by atoms with van der Waals surface area (Å²) in [6, 6.07) is 20.0. The lowest BCUT2D eigenvalue weighted by Gasteiger charge is -2.25. The molecule has 4 rings (SSSR count). The number of nitrogens with one attached hydrogen (secondary N) is 1. The minimum atomic E-state index is -0.989. The molecule has 2 atom stereocenters. The third-order valence-corrected chi connectivity index (χ3v) is 5.21. The van der Waals surface area contributed by atoms with Crippen LogP contribution in [0.4, 0.5) is 5.82 Å². The second-order valence-corrected chi connectivity index (χ2v) is 7.04. The number of aryl methyl sites for hydroxylation is 1. The van der Waals surface area contributed by atoms with Crippen LogP contribution in [0, 0.1) is 0 Å². The fourth-order valence-corrected chi connectivity index (χ4v) is 3.76. The summed E-state index contributed by atoms with van der Waals surface area (Å²) in [6.07, 6.45) is 2.62. The number of aliphatic hydroxyl groups is 1. The van der Waals surface area contributed by atoms with Gasteiger partial charge in [0.05, 0.1) is 5.69 Å². The van der Waals surface area contributed by atoms with Crippen molar-refractivity contribution < 1.29 is 5.11 Å². The third-order valence-electron chi connectivity index (χ3n) is 5.21. The highest BCUT2D eigenvalue weighted by atomic mass is 16.3. The van der Waals surface area contributed by atoms with Crippen LogP contribution in [0.3, 0.4) is 0 Å². The first-order valence-electron chi connectivity index (χ1n) is 9.40. The summed E-state index contributed by atoms with van der Waals surface area (Å²) < 4.78 is 0.